The standard InChI is InChI=1S/C21H24N4O2S/c1-4-14(2)15-5-9-17(10-6-15)22-19(26)13-28-21-23-20(24-25-21)16-7-11-18(27-3)12-8-16/h5-12,14H,4,13H2,1-3H3,(H,22,26)(H,23,24,25). The molecular weight excluding hydrogens is 372 g/mol. The third kappa shape index (κ3) is 5.13. The van der Waals surface area contributed by atoms with Gasteiger partial charge in [-0.05, 0) is 54.3 Å². The number of anilines is 1. The molecule has 6 nitrogen and oxygen atoms in total. The molecular formula is C21H24N4O2S. The number of aromatic amines is 1. The number of carbonyl (C=O) groups excluding carboxylic acids is 1. The number of rotatable bonds is 8. The Hall–Kier alpha value is -2.80. The van der Waals surface area contributed by atoms with Crippen LogP contribution in [0.3, 0.4) is 0 Å². The van der Waals surface area contributed by atoms with Gasteiger partial charge in [-0.15, -0.1) is 5.10 Å². The molecule has 0 aliphatic heterocycles. The lowest BCUT2D eigenvalue weighted by Gasteiger charge is -2.10. The maximum atomic E-state index is 12.2. The first kappa shape index (κ1) is 19.9. The first-order valence-electron chi connectivity index (χ1n) is 9.18. The summed E-state index contributed by atoms with van der Waals surface area (Å²) in [6.45, 7) is 4.36. The summed E-state index contributed by atoms with van der Waals surface area (Å²) in [7, 11) is 1.63. The lowest BCUT2D eigenvalue weighted by atomic mass is 9.99. The minimum absolute atomic E-state index is 0.0860. The number of H-pyrrole nitrogens is 1. The first-order valence-corrected chi connectivity index (χ1v) is 10.2. The molecule has 0 radical (unpaired) electrons. The fourth-order valence-electron chi connectivity index (χ4n) is 2.65. The van der Waals surface area contributed by atoms with Gasteiger partial charge < -0.3 is 10.1 Å². The van der Waals surface area contributed by atoms with Crippen molar-refractivity contribution in [3.05, 3.63) is 54.1 Å². The number of methoxy groups -OCH3 is 1. The molecule has 146 valence electrons. The number of hydrogen-bond donors (Lipinski definition) is 2. The van der Waals surface area contributed by atoms with E-state index in [1.54, 1.807) is 7.11 Å². The van der Waals surface area contributed by atoms with E-state index < -0.39 is 0 Å². The Morgan fingerprint density at radius 3 is 2.54 bits per heavy atom. The van der Waals surface area contributed by atoms with Crippen LogP contribution in [0.5, 0.6) is 5.75 Å². The number of nitrogens with zero attached hydrogens (tertiary/aromatic N) is 2. The molecule has 0 saturated carbocycles. The van der Waals surface area contributed by atoms with Crippen molar-refractivity contribution < 1.29 is 9.53 Å². The molecule has 3 rings (SSSR count). The molecule has 1 atom stereocenters. The minimum atomic E-state index is -0.0860. The lowest BCUT2D eigenvalue weighted by molar-refractivity contribution is -0.113. The van der Waals surface area contributed by atoms with E-state index in [-0.39, 0.29) is 11.7 Å². The van der Waals surface area contributed by atoms with Crippen molar-refractivity contribution in [1.29, 1.82) is 0 Å². The number of carbonyl (C=O) groups is 1. The van der Waals surface area contributed by atoms with E-state index in [0.29, 0.717) is 16.9 Å². The van der Waals surface area contributed by atoms with Crippen LogP contribution in [0.15, 0.2) is 53.7 Å². The normalized spacial score (nSPS) is 11.8. The van der Waals surface area contributed by atoms with Gasteiger partial charge in [-0.1, -0.05) is 37.7 Å². The van der Waals surface area contributed by atoms with Crippen LogP contribution >= 0.6 is 11.8 Å². The molecule has 1 heterocycles. The van der Waals surface area contributed by atoms with Gasteiger partial charge in [0.05, 0.1) is 12.9 Å². The number of ether oxygens (including phenoxy) is 1. The van der Waals surface area contributed by atoms with Crippen LogP contribution in [0.4, 0.5) is 5.69 Å². The zero-order chi connectivity index (χ0) is 19.9. The summed E-state index contributed by atoms with van der Waals surface area (Å²) in [5, 5.41) is 10.5. The monoisotopic (exact) mass is 396 g/mol. The summed E-state index contributed by atoms with van der Waals surface area (Å²) >= 11 is 1.29. The van der Waals surface area contributed by atoms with Gasteiger partial charge in [0.1, 0.15) is 5.75 Å². The highest BCUT2D eigenvalue weighted by molar-refractivity contribution is 7.99. The van der Waals surface area contributed by atoms with E-state index in [1.807, 2.05) is 36.4 Å². The Balaban J connectivity index is 1.52. The number of benzene rings is 2. The highest BCUT2D eigenvalue weighted by Gasteiger charge is 2.10. The van der Waals surface area contributed by atoms with E-state index in [0.717, 1.165) is 23.4 Å². The van der Waals surface area contributed by atoms with Gasteiger partial charge in [-0.25, -0.2) is 4.98 Å². The SMILES string of the molecule is CCC(C)c1ccc(NC(=O)CSc2n[nH]c(-c3ccc(OC)cc3)n2)cc1. The van der Waals surface area contributed by atoms with Crippen LogP contribution in [0, 0.1) is 0 Å². The quantitative estimate of drug-likeness (QED) is 0.538. The van der Waals surface area contributed by atoms with E-state index >= 15 is 0 Å². The molecule has 0 aliphatic rings. The van der Waals surface area contributed by atoms with E-state index in [1.165, 1.54) is 17.3 Å². The van der Waals surface area contributed by atoms with Gasteiger partial charge >= 0.3 is 0 Å². The number of nitrogens with one attached hydrogen (secondary N) is 2. The average Bonchev–Trinajstić information content (AvgIpc) is 3.21. The van der Waals surface area contributed by atoms with E-state index in [4.69, 9.17) is 4.74 Å². The van der Waals surface area contributed by atoms with Gasteiger partial charge in [0.15, 0.2) is 5.82 Å². The fraction of sp³-hybridized carbons (Fsp3) is 0.286. The Morgan fingerprint density at radius 1 is 1.18 bits per heavy atom. The summed E-state index contributed by atoms with van der Waals surface area (Å²) in [6, 6.07) is 15.6. The van der Waals surface area contributed by atoms with Gasteiger partial charge in [0.2, 0.25) is 11.1 Å². The third-order valence-electron chi connectivity index (χ3n) is 4.54. The fourth-order valence-corrected chi connectivity index (χ4v) is 3.25. The molecule has 0 spiro atoms. The lowest BCUT2D eigenvalue weighted by Crippen LogP contribution is -2.14. The number of aromatic nitrogens is 3. The Bertz CT molecular complexity index is 907. The Kier molecular flexibility index (Phi) is 6.71. The number of hydrogen-bond acceptors (Lipinski definition) is 5. The van der Waals surface area contributed by atoms with Crippen LogP contribution in [-0.4, -0.2) is 34.0 Å². The van der Waals surface area contributed by atoms with Crippen molar-refractivity contribution in [2.24, 2.45) is 0 Å². The Labute approximate surface area is 169 Å². The smallest absolute Gasteiger partial charge is 0.234 e. The van der Waals surface area contributed by atoms with Gasteiger partial charge in [0, 0.05) is 11.3 Å². The largest absolute Gasteiger partial charge is 0.497 e. The summed E-state index contributed by atoms with van der Waals surface area (Å²) < 4.78 is 5.15. The number of thioether (sulfide) groups is 1. The third-order valence-corrected chi connectivity index (χ3v) is 5.38. The zero-order valence-corrected chi connectivity index (χ0v) is 17.0. The minimum Gasteiger partial charge on any atom is -0.497 e. The second-order valence-corrected chi connectivity index (χ2v) is 7.41. The van der Waals surface area contributed by atoms with E-state index in [9.17, 15) is 4.79 Å². The molecule has 1 aromatic heterocycles. The molecule has 3 aromatic rings. The molecule has 0 bridgehead atoms. The van der Waals surface area contributed by atoms with E-state index in [2.05, 4.69) is 46.5 Å². The van der Waals surface area contributed by atoms with Crippen LogP contribution in [0.2, 0.25) is 0 Å². The molecule has 2 N–H and O–H groups in total. The molecule has 1 unspecified atom stereocenters. The maximum absolute atomic E-state index is 12.2. The predicted octanol–water partition coefficient (Wildman–Crippen LogP) is 4.72. The second kappa shape index (κ2) is 9.41. The molecule has 0 fully saturated rings. The summed E-state index contributed by atoms with van der Waals surface area (Å²) in [5.41, 5.74) is 2.99. The molecule has 0 saturated heterocycles. The Morgan fingerprint density at radius 2 is 1.89 bits per heavy atom. The zero-order valence-electron chi connectivity index (χ0n) is 16.2. The molecule has 7 heteroatoms. The molecule has 0 aliphatic carbocycles. The topological polar surface area (TPSA) is 79.9 Å². The highest BCUT2D eigenvalue weighted by Crippen LogP contribution is 2.23. The molecule has 2 aromatic carbocycles. The van der Waals surface area contributed by atoms with Crippen LogP contribution in [-0.2, 0) is 4.79 Å². The number of amides is 1. The predicted molar refractivity (Wildman–Crippen MR) is 113 cm³/mol. The molecule has 1 amide bonds. The highest BCUT2D eigenvalue weighted by atomic mass is 32.2. The van der Waals surface area contributed by atoms with Crippen molar-refractivity contribution in [1.82, 2.24) is 15.2 Å². The van der Waals surface area contributed by atoms with Crippen LogP contribution < -0.4 is 10.1 Å². The van der Waals surface area contributed by atoms with Crippen molar-refractivity contribution in [2.75, 3.05) is 18.2 Å². The van der Waals surface area contributed by atoms with Crippen LogP contribution in [0.1, 0.15) is 31.7 Å². The average molecular weight is 397 g/mol. The van der Waals surface area contributed by atoms with Crippen molar-refractivity contribution >= 4 is 23.4 Å². The van der Waals surface area contributed by atoms with Crippen LogP contribution in [0.25, 0.3) is 11.4 Å². The summed E-state index contributed by atoms with van der Waals surface area (Å²) in [5.74, 6) is 2.12. The second-order valence-electron chi connectivity index (χ2n) is 6.46. The van der Waals surface area contributed by atoms with Crippen molar-refractivity contribution in [2.45, 2.75) is 31.3 Å². The first-order chi connectivity index (χ1) is 13.6. The van der Waals surface area contributed by atoms with Crippen molar-refractivity contribution in [3.63, 3.8) is 0 Å². The molecule has 28 heavy (non-hydrogen) atoms. The van der Waals surface area contributed by atoms with Crippen molar-refractivity contribution in [3.8, 4) is 17.1 Å². The van der Waals surface area contributed by atoms with Gasteiger partial charge in [-0.3, -0.25) is 9.89 Å². The van der Waals surface area contributed by atoms with Gasteiger partial charge in [-0.2, -0.15) is 0 Å². The maximum Gasteiger partial charge on any atom is 0.234 e. The summed E-state index contributed by atoms with van der Waals surface area (Å²) in [4.78, 5) is 16.6. The van der Waals surface area contributed by atoms with Gasteiger partial charge in [0.25, 0.3) is 0 Å². The summed E-state index contributed by atoms with van der Waals surface area (Å²) in [6.07, 6.45) is 1.09.